The van der Waals surface area contributed by atoms with Crippen molar-refractivity contribution in [2.24, 2.45) is 11.0 Å². The SMILES string of the molecule is Cc1cccc(C(=O)N[C@H](C(=O)N/N=C/c2ccc(Cl)cc2Cl)C(C)C)c1. The van der Waals surface area contributed by atoms with Crippen molar-refractivity contribution >= 4 is 41.2 Å². The molecule has 0 radical (unpaired) electrons. The summed E-state index contributed by atoms with van der Waals surface area (Å²) in [6.45, 7) is 5.60. The van der Waals surface area contributed by atoms with Gasteiger partial charge in [-0.2, -0.15) is 5.10 Å². The fraction of sp³-hybridized carbons (Fsp3) is 0.250. The Morgan fingerprint density at radius 1 is 1.11 bits per heavy atom. The molecular weight excluding hydrogens is 385 g/mol. The van der Waals surface area contributed by atoms with Crippen molar-refractivity contribution in [2.75, 3.05) is 0 Å². The van der Waals surface area contributed by atoms with E-state index in [1.807, 2.05) is 26.8 Å². The molecule has 0 spiro atoms. The maximum absolute atomic E-state index is 12.5. The average molecular weight is 406 g/mol. The summed E-state index contributed by atoms with van der Waals surface area (Å²) < 4.78 is 0. The van der Waals surface area contributed by atoms with E-state index in [0.29, 0.717) is 21.2 Å². The lowest BCUT2D eigenvalue weighted by molar-refractivity contribution is -0.123. The van der Waals surface area contributed by atoms with Crippen LogP contribution in [0.3, 0.4) is 0 Å². The van der Waals surface area contributed by atoms with Crippen LogP contribution in [0.15, 0.2) is 47.6 Å². The molecule has 7 heteroatoms. The van der Waals surface area contributed by atoms with Gasteiger partial charge in [0.05, 0.1) is 11.2 Å². The smallest absolute Gasteiger partial charge is 0.262 e. The Labute approximate surface area is 168 Å². The zero-order valence-corrected chi connectivity index (χ0v) is 16.8. The monoisotopic (exact) mass is 405 g/mol. The van der Waals surface area contributed by atoms with Gasteiger partial charge in [-0.25, -0.2) is 5.43 Å². The average Bonchev–Trinajstić information content (AvgIpc) is 2.60. The number of amides is 2. The Bertz CT molecular complexity index is 866. The van der Waals surface area contributed by atoms with Crippen molar-refractivity contribution in [3.63, 3.8) is 0 Å². The maximum atomic E-state index is 12.5. The molecule has 0 heterocycles. The fourth-order valence-corrected chi connectivity index (χ4v) is 2.84. The molecule has 2 aromatic rings. The predicted molar refractivity (Wildman–Crippen MR) is 109 cm³/mol. The van der Waals surface area contributed by atoms with Gasteiger partial charge in [-0.15, -0.1) is 0 Å². The summed E-state index contributed by atoms with van der Waals surface area (Å²) in [6, 6.07) is 11.4. The minimum Gasteiger partial charge on any atom is -0.340 e. The molecule has 27 heavy (non-hydrogen) atoms. The third-order valence-electron chi connectivity index (χ3n) is 3.86. The van der Waals surface area contributed by atoms with Gasteiger partial charge in [0.15, 0.2) is 0 Å². The first-order chi connectivity index (χ1) is 12.8. The zero-order chi connectivity index (χ0) is 20.0. The quantitative estimate of drug-likeness (QED) is 0.558. The largest absolute Gasteiger partial charge is 0.340 e. The Balaban J connectivity index is 2.04. The summed E-state index contributed by atoms with van der Waals surface area (Å²) in [6.07, 6.45) is 1.43. The van der Waals surface area contributed by atoms with E-state index in [1.165, 1.54) is 6.21 Å². The fourth-order valence-electron chi connectivity index (χ4n) is 2.39. The molecule has 0 aliphatic rings. The van der Waals surface area contributed by atoms with E-state index in [2.05, 4.69) is 15.8 Å². The number of benzene rings is 2. The number of carbonyl (C=O) groups excluding carboxylic acids is 2. The number of hydrazone groups is 1. The summed E-state index contributed by atoms with van der Waals surface area (Å²) in [4.78, 5) is 24.9. The first kappa shape index (κ1) is 20.9. The van der Waals surface area contributed by atoms with Crippen LogP contribution in [0.2, 0.25) is 10.0 Å². The molecule has 142 valence electrons. The van der Waals surface area contributed by atoms with Gasteiger partial charge in [0.1, 0.15) is 6.04 Å². The third-order valence-corrected chi connectivity index (χ3v) is 4.42. The summed E-state index contributed by atoms with van der Waals surface area (Å²) in [5.41, 5.74) is 4.54. The molecule has 0 saturated heterocycles. The molecule has 0 aliphatic carbocycles. The van der Waals surface area contributed by atoms with Gasteiger partial charge >= 0.3 is 0 Å². The number of hydrogen-bond donors (Lipinski definition) is 2. The standard InChI is InChI=1S/C20H21Cl2N3O2/c1-12(2)18(24-19(26)14-6-4-5-13(3)9-14)20(27)25-23-11-15-7-8-16(21)10-17(15)22/h4-12,18H,1-3H3,(H,24,26)(H,25,27)/b23-11+/t18-/m0/s1. The summed E-state index contributed by atoms with van der Waals surface area (Å²) in [7, 11) is 0. The molecule has 0 unspecified atom stereocenters. The second-order valence-corrected chi connectivity index (χ2v) is 7.31. The number of carbonyl (C=O) groups is 2. The van der Waals surface area contributed by atoms with E-state index < -0.39 is 11.9 Å². The maximum Gasteiger partial charge on any atom is 0.262 e. The van der Waals surface area contributed by atoms with Gasteiger partial charge in [0, 0.05) is 16.1 Å². The summed E-state index contributed by atoms with van der Waals surface area (Å²) in [5, 5.41) is 7.62. The van der Waals surface area contributed by atoms with Crippen LogP contribution < -0.4 is 10.7 Å². The van der Waals surface area contributed by atoms with E-state index in [9.17, 15) is 9.59 Å². The minimum atomic E-state index is -0.726. The lowest BCUT2D eigenvalue weighted by Crippen LogP contribution is -2.48. The predicted octanol–water partition coefficient (Wildman–Crippen LogP) is 4.21. The highest BCUT2D eigenvalue weighted by atomic mass is 35.5. The summed E-state index contributed by atoms with van der Waals surface area (Å²) in [5.74, 6) is -0.835. The molecule has 0 bridgehead atoms. The van der Waals surface area contributed by atoms with Gasteiger partial charge in [0.2, 0.25) is 0 Å². The van der Waals surface area contributed by atoms with Gasteiger partial charge in [-0.1, -0.05) is 60.8 Å². The van der Waals surface area contributed by atoms with Gasteiger partial charge < -0.3 is 5.32 Å². The molecule has 5 nitrogen and oxygen atoms in total. The number of nitrogens with one attached hydrogen (secondary N) is 2. The van der Waals surface area contributed by atoms with Crippen LogP contribution in [-0.2, 0) is 4.79 Å². The van der Waals surface area contributed by atoms with E-state index in [-0.39, 0.29) is 11.8 Å². The molecule has 2 aromatic carbocycles. The van der Waals surface area contributed by atoms with Crippen LogP contribution in [0, 0.1) is 12.8 Å². The van der Waals surface area contributed by atoms with Crippen LogP contribution in [0.1, 0.15) is 35.3 Å². The van der Waals surface area contributed by atoms with E-state index in [0.717, 1.165) is 5.56 Å². The minimum absolute atomic E-state index is 0.118. The second-order valence-electron chi connectivity index (χ2n) is 6.46. The molecule has 2 rings (SSSR count). The van der Waals surface area contributed by atoms with Crippen LogP contribution in [0.5, 0.6) is 0 Å². The van der Waals surface area contributed by atoms with Crippen LogP contribution in [-0.4, -0.2) is 24.1 Å². The molecular formula is C20H21Cl2N3O2. The molecule has 0 aliphatic heterocycles. The molecule has 1 atom stereocenters. The van der Waals surface area contributed by atoms with Crippen molar-refractivity contribution in [1.82, 2.24) is 10.7 Å². The molecule has 2 amide bonds. The number of nitrogens with zero attached hydrogens (tertiary/aromatic N) is 1. The van der Waals surface area contributed by atoms with E-state index in [4.69, 9.17) is 23.2 Å². The topological polar surface area (TPSA) is 70.6 Å². The molecule has 0 aromatic heterocycles. The third kappa shape index (κ3) is 6.08. The van der Waals surface area contributed by atoms with Crippen molar-refractivity contribution in [3.8, 4) is 0 Å². The van der Waals surface area contributed by atoms with Crippen molar-refractivity contribution in [2.45, 2.75) is 26.8 Å². The first-order valence-corrected chi connectivity index (χ1v) is 9.19. The van der Waals surface area contributed by atoms with Crippen molar-refractivity contribution in [1.29, 1.82) is 0 Å². The van der Waals surface area contributed by atoms with Crippen LogP contribution >= 0.6 is 23.2 Å². The number of hydrogen-bond acceptors (Lipinski definition) is 3. The van der Waals surface area contributed by atoms with Gasteiger partial charge in [-0.3, -0.25) is 9.59 Å². The first-order valence-electron chi connectivity index (χ1n) is 8.43. The van der Waals surface area contributed by atoms with Gasteiger partial charge in [-0.05, 0) is 37.1 Å². The number of aryl methyl sites for hydroxylation is 1. The number of halogens is 2. The highest BCUT2D eigenvalue weighted by Crippen LogP contribution is 2.19. The van der Waals surface area contributed by atoms with Crippen molar-refractivity contribution in [3.05, 3.63) is 69.2 Å². The normalized spacial score (nSPS) is 12.2. The summed E-state index contributed by atoms with van der Waals surface area (Å²) >= 11 is 11.9. The van der Waals surface area contributed by atoms with Crippen molar-refractivity contribution < 1.29 is 9.59 Å². The molecule has 0 saturated carbocycles. The highest BCUT2D eigenvalue weighted by Gasteiger charge is 2.24. The molecule has 2 N–H and O–H groups in total. The highest BCUT2D eigenvalue weighted by molar-refractivity contribution is 6.36. The number of rotatable bonds is 6. The molecule has 0 fully saturated rings. The van der Waals surface area contributed by atoms with Gasteiger partial charge in [0.25, 0.3) is 11.8 Å². The Hall–Kier alpha value is -2.37. The van der Waals surface area contributed by atoms with E-state index in [1.54, 1.807) is 36.4 Å². The Morgan fingerprint density at radius 3 is 2.48 bits per heavy atom. The van der Waals surface area contributed by atoms with E-state index >= 15 is 0 Å². The van der Waals surface area contributed by atoms with Crippen LogP contribution in [0.25, 0.3) is 0 Å². The lowest BCUT2D eigenvalue weighted by atomic mass is 10.0. The lowest BCUT2D eigenvalue weighted by Gasteiger charge is -2.20. The Morgan fingerprint density at radius 2 is 1.85 bits per heavy atom. The Kier molecular flexibility index (Phi) is 7.39. The second kappa shape index (κ2) is 9.53. The zero-order valence-electron chi connectivity index (χ0n) is 15.3. The van der Waals surface area contributed by atoms with Crippen LogP contribution in [0.4, 0.5) is 0 Å².